The molecule has 4 heteroatoms. The standard InChI is InChI=1S/C16H24O4/c1-3-4-5-6-7-8-9-20-13-10-12(2)15(16(18)19)14(17)11-13/h10-11,17H,3-9H2,1-2H3,(H,18,19). The van der Waals surface area contributed by atoms with E-state index in [0.29, 0.717) is 17.9 Å². The predicted molar refractivity (Wildman–Crippen MR) is 78.7 cm³/mol. The number of hydrogen-bond donors (Lipinski definition) is 2. The summed E-state index contributed by atoms with van der Waals surface area (Å²) in [5, 5.41) is 18.6. The number of aromatic carboxylic acids is 1. The maximum atomic E-state index is 10.9. The van der Waals surface area contributed by atoms with E-state index in [0.717, 1.165) is 12.8 Å². The van der Waals surface area contributed by atoms with Crippen LogP contribution in [-0.2, 0) is 0 Å². The average molecular weight is 280 g/mol. The summed E-state index contributed by atoms with van der Waals surface area (Å²) in [5.41, 5.74) is 0.451. The summed E-state index contributed by atoms with van der Waals surface area (Å²) in [4.78, 5) is 10.9. The number of ether oxygens (including phenoxy) is 1. The van der Waals surface area contributed by atoms with Gasteiger partial charge in [-0.3, -0.25) is 0 Å². The molecule has 0 aromatic heterocycles. The van der Waals surface area contributed by atoms with Crippen molar-refractivity contribution >= 4 is 5.97 Å². The minimum absolute atomic E-state index is 0.0584. The van der Waals surface area contributed by atoms with Gasteiger partial charge in [-0.2, -0.15) is 0 Å². The molecule has 4 nitrogen and oxygen atoms in total. The molecule has 0 spiro atoms. The van der Waals surface area contributed by atoms with Crippen molar-refractivity contribution < 1.29 is 19.7 Å². The van der Waals surface area contributed by atoms with E-state index in [1.54, 1.807) is 13.0 Å². The molecule has 0 aliphatic rings. The van der Waals surface area contributed by atoms with Crippen LogP contribution in [0.2, 0.25) is 0 Å². The minimum atomic E-state index is -1.12. The fraction of sp³-hybridized carbons (Fsp3) is 0.562. The zero-order valence-corrected chi connectivity index (χ0v) is 12.3. The van der Waals surface area contributed by atoms with Crippen LogP contribution in [0.5, 0.6) is 11.5 Å². The van der Waals surface area contributed by atoms with Gasteiger partial charge < -0.3 is 14.9 Å². The predicted octanol–water partition coefficient (Wildman–Crippen LogP) is 4.14. The summed E-state index contributed by atoms with van der Waals surface area (Å²) < 4.78 is 5.56. The molecule has 0 amide bonds. The molecule has 0 bridgehead atoms. The number of phenols is 1. The summed E-state index contributed by atoms with van der Waals surface area (Å²) in [6, 6.07) is 3.02. The summed E-state index contributed by atoms with van der Waals surface area (Å²) in [7, 11) is 0. The van der Waals surface area contributed by atoms with Crippen molar-refractivity contribution in [3.05, 3.63) is 23.3 Å². The second kappa shape index (κ2) is 8.46. The summed E-state index contributed by atoms with van der Waals surface area (Å²) in [6.45, 7) is 4.44. The molecule has 112 valence electrons. The number of hydrogen-bond acceptors (Lipinski definition) is 3. The van der Waals surface area contributed by atoms with E-state index in [1.165, 1.54) is 31.7 Å². The van der Waals surface area contributed by atoms with E-state index in [4.69, 9.17) is 9.84 Å². The van der Waals surface area contributed by atoms with Gasteiger partial charge in [0.25, 0.3) is 0 Å². The molecule has 0 aliphatic carbocycles. The molecule has 1 aromatic carbocycles. The Kier molecular flexibility index (Phi) is 6.91. The fourth-order valence-electron chi connectivity index (χ4n) is 2.17. The van der Waals surface area contributed by atoms with Crippen molar-refractivity contribution in [3.63, 3.8) is 0 Å². The number of benzene rings is 1. The second-order valence-electron chi connectivity index (χ2n) is 5.06. The summed E-state index contributed by atoms with van der Waals surface area (Å²) >= 11 is 0. The molecule has 2 N–H and O–H groups in total. The maximum Gasteiger partial charge on any atom is 0.339 e. The molecule has 0 saturated heterocycles. The molecule has 0 saturated carbocycles. The highest BCUT2D eigenvalue weighted by molar-refractivity contribution is 5.92. The van der Waals surface area contributed by atoms with E-state index in [2.05, 4.69) is 6.92 Å². The smallest absolute Gasteiger partial charge is 0.339 e. The number of carboxylic acids is 1. The third-order valence-electron chi connectivity index (χ3n) is 3.27. The summed E-state index contributed by atoms with van der Waals surface area (Å²) in [6.07, 6.45) is 7.13. The molecule has 0 fully saturated rings. The van der Waals surface area contributed by atoms with Gasteiger partial charge in [0.15, 0.2) is 0 Å². The van der Waals surface area contributed by atoms with Gasteiger partial charge in [0.2, 0.25) is 0 Å². The van der Waals surface area contributed by atoms with Crippen LogP contribution in [0.15, 0.2) is 12.1 Å². The van der Waals surface area contributed by atoms with Crippen LogP contribution in [-0.4, -0.2) is 22.8 Å². The topological polar surface area (TPSA) is 66.8 Å². The third kappa shape index (κ3) is 5.11. The average Bonchev–Trinajstić information content (AvgIpc) is 2.36. The first-order chi connectivity index (χ1) is 9.56. The highest BCUT2D eigenvalue weighted by atomic mass is 16.5. The quantitative estimate of drug-likeness (QED) is 0.667. The van der Waals surface area contributed by atoms with E-state index in [1.807, 2.05) is 0 Å². The molecule has 0 radical (unpaired) electrons. The Balaban J connectivity index is 2.40. The van der Waals surface area contributed by atoms with Crippen molar-refractivity contribution in [1.82, 2.24) is 0 Å². The lowest BCUT2D eigenvalue weighted by atomic mass is 10.1. The Labute approximate surface area is 120 Å². The Bertz CT molecular complexity index is 417. The van der Waals surface area contributed by atoms with Crippen molar-refractivity contribution in [2.45, 2.75) is 52.4 Å². The van der Waals surface area contributed by atoms with Crippen molar-refractivity contribution in [2.24, 2.45) is 0 Å². The molecular formula is C16H24O4. The van der Waals surface area contributed by atoms with E-state index >= 15 is 0 Å². The van der Waals surface area contributed by atoms with Crippen LogP contribution >= 0.6 is 0 Å². The van der Waals surface area contributed by atoms with Crippen LogP contribution < -0.4 is 4.74 Å². The van der Waals surface area contributed by atoms with Gasteiger partial charge in [-0.05, 0) is 25.0 Å². The molecule has 1 aromatic rings. The van der Waals surface area contributed by atoms with E-state index in [9.17, 15) is 9.90 Å². The normalized spacial score (nSPS) is 10.5. The lowest BCUT2D eigenvalue weighted by Crippen LogP contribution is -2.02. The highest BCUT2D eigenvalue weighted by Gasteiger charge is 2.14. The van der Waals surface area contributed by atoms with Crippen molar-refractivity contribution in [1.29, 1.82) is 0 Å². The van der Waals surface area contributed by atoms with Crippen LogP contribution in [0.25, 0.3) is 0 Å². The Hall–Kier alpha value is -1.71. The third-order valence-corrected chi connectivity index (χ3v) is 3.27. The zero-order valence-electron chi connectivity index (χ0n) is 12.3. The largest absolute Gasteiger partial charge is 0.507 e. The number of unbranched alkanes of at least 4 members (excludes halogenated alkanes) is 5. The van der Waals surface area contributed by atoms with Crippen LogP contribution in [0.1, 0.15) is 61.4 Å². The number of aryl methyl sites for hydroxylation is 1. The first-order valence-electron chi connectivity index (χ1n) is 7.26. The monoisotopic (exact) mass is 280 g/mol. The lowest BCUT2D eigenvalue weighted by molar-refractivity contribution is 0.0693. The number of aromatic hydroxyl groups is 1. The van der Waals surface area contributed by atoms with Gasteiger partial charge in [0.1, 0.15) is 17.1 Å². The van der Waals surface area contributed by atoms with Gasteiger partial charge in [-0.15, -0.1) is 0 Å². The van der Waals surface area contributed by atoms with Crippen molar-refractivity contribution in [3.8, 4) is 11.5 Å². The SMILES string of the molecule is CCCCCCCCOc1cc(C)c(C(=O)O)c(O)c1. The molecule has 20 heavy (non-hydrogen) atoms. The van der Waals surface area contributed by atoms with Crippen molar-refractivity contribution in [2.75, 3.05) is 6.61 Å². The van der Waals surface area contributed by atoms with Gasteiger partial charge in [0, 0.05) is 6.07 Å². The first kappa shape index (κ1) is 16.3. The Morgan fingerprint density at radius 1 is 1.15 bits per heavy atom. The molecule has 1 rings (SSSR count). The van der Waals surface area contributed by atoms with E-state index < -0.39 is 5.97 Å². The molecule has 0 aliphatic heterocycles. The zero-order chi connectivity index (χ0) is 15.0. The van der Waals surface area contributed by atoms with Gasteiger partial charge in [0.05, 0.1) is 6.61 Å². The van der Waals surface area contributed by atoms with Gasteiger partial charge in [-0.25, -0.2) is 4.79 Å². The minimum Gasteiger partial charge on any atom is -0.507 e. The van der Waals surface area contributed by atoms with E-state index in [-0.39, 0.29) is 11.3 Å². The van der Waals surface area contributed by atoms with Crippen LogP contribution in [0, 0.1) is 6.92 Å². The second-order valence-corrected chi connectivity index (χ2v) is 5.06. The summed E-state index contributed by atoms with van der Waals surface area (Å²) in [5.74, 6) is -0.837. The lowest BCUT2D eigenvalue weighted by Gasteiger charge is -2.10. The van der Waals surface area contributed by atoms with Crippen LogP contribution in [0.3, 0.4) is 0 Å². The van der Waals surface area contributed by atoms with Gasteiger partial charge >= 0.3 is 5.97 Å². The van der Waals surface area contributed by atoms with Gasteiger partial charge in [-0.1, -0.05) is 39.0 Å². The van der Waals surface area contributed by atoms with Crippen LogP contribution in [0.4, 0.5) is 0 Å². The molecule has 0 atom stereocenters. The Morgan fingerprint density at radius 3 is 2.40 bits per heavy atom. The number of rotatable bonds is 9. The number of carbonyl (C=O) groups is 1. The maximum absolute atomic E-state index is 10.9. The fourth-order valence-corrected chi connectivity index (χ4v) is 2.17. The number of carboxylic acid groups (broad SMARTS) is 1. The molecule has 0 heterocycles. The molecular weight excluding hydrogens is 256 g/mol. The Morgan fingerprint density at radius 2 is 1.80 bits per heavy atom. The molecule has 0 unspecified atom stereocenters. The highest BCUT2D eigenvalue weighted by Crippen LogP contribution is 2.27. The first-order valence-corrected chi connectivity index (χ1v) is 7.26.